The zero-order valence-electron chi connectivity index (χ0n) is 10.4. The molecule has 2 aliphatic rings. The second-order valence-corrected chi connectivity index (χ2v) is 5.30. The first kappa shape index (κ1) is 11.4. The molecule has 96 valence electrons. The van der Waals surface area contributed by atoms with E-state index >= 15 is 0 Å². The molecule has 5 nitrogen and oxygen atoms in total. The average molecular weight is 246 g/mol. The summed E-state index contributed by atoms with van der Waals surface area (Å²) in [6.45, 7) is 1.23. The van der Waals surface area contributed by atoms with Crippen molar-refractivity contribution in [2.45, 2.75) is 45.2 Å². The zero-order chi connectivity index (χ0) is 12.5. The summed E-state index contributed by atoms with van der Waals surface area (Å²) in [7, 11) is 0. The van der Waals surface area contributed by atoms with Crippen LogP contribution in [0.4, 0.5) is 5.95 Å². The van der Waals surface area contributed by atoms with Gasteiger partial charge in [-0.3, -0.25) is 4.79 Å². The Balaban J connectivity index is 1.64. The molecular formula is C13H18N4O. The van der Waals surface area contributed by atoms with Gasteiger partial charge in [0.05, 0.1) is 12.2 Å². The first-order valence-corrected chi connectivity index (χ1v) is 6.60. The van der Waals surface area contributed by atoms with Crippen LogP contribution < -0.4 is 5.73 Å². The Morgan fingerprint density at radius 3 is 2.94 bits per heavy atom. The van der Waals surface area contributed by atoms with Crippen molar-refractivity contribution in [2.75, 3.05) is 5.73 Å². The van der Waals surface area contributed by atoms with Gasteiger partial charge in [-0.25, -0.2) is 9.97 Å². The van der Waals surface area contributed by atoms with E-state index < -0.39 is 0 Å². The second-order valence-electron chi connectivity index (χ2n) is 5.30. The minimum atomic E-state index is 0.249. The molecule has 2 heterocycles. The molecule has 0 saturated heterocycles. The summed E-state index contributed by atoms with van der Waals surface area (Å²) in [6, 6.07) is 0. The Kier molecular flexibility index (Phi) is 2.89. The van der Waals surface area contributed by atoms with E-state index in [9.17, 15) is 4.79 Å². The van der Waals surface area contributed by atoms with E-state index in [0.717, 1.165) is 11.3 Å². The van der Waals surface area contributed by atoms with Crippen LogP contribution in [0.5, 0.6) is 0 Å². The number of rotatable bonds is 2. The molecule has 0 aromatic carbocycles. The van der Waals surface area contributed by atoms with Gasteiger partial charge in [0.25, 0.3) is 0 Å². The van der Waals surface area contributed by atoms with Crippen molar-refractivity contribution in [3.8, 4) is 0 Å². The van der Waals surface area contributed by atoms with Gasteiger partial charge in [-0.15, -0.1) is 0 Å². The van der Waals surface area contributed by atoms with Crippen LogP contribution >= 0.6 is 0 Å². The summed E-state index contributed by atoms with van der Waals surface area (Å²) in [6.07, 6.45) is 7.40. The van der Waals surface area contributed by atoms with Crippen LogP contribution in [0.1, 0.15) is 43.4 Å². The summed E-state index contributed by atoms with van der Waals surface area (Å²) < 4.78 is 0. The van der Waals surface area contributed by atoms with E-state index in [1.807, 2.05) is 4.90 Å². The lowest BCUT2D eigenvalue weighted by Gasteiger charge is -2.17. The van der Waals surface area contributed by atoms with Crippen molar-refractivity contribution in [3.63, 3.8) is 0 Å². The summed E-state index contributed by atoms with van der Waals surface area (Å²) in [4.78, 5) is 22.2. The van der Waals surface area contributed by atoms with Gasteiger partial charge in [-0.05, 0) is 18.8 Å². The van der Waals surface area contributed by atoms with E-state index in [1.165, 1.54) is 25.7 Å². The molecule has 0 atom stereocenters. The van der Waals surface area contributed by atoms with Gasteiger partial charge in [0.15, 0.2) is 0 Å². The summed E-state index contributed by atoms with van der Waals surface area (Å²) in [5.74, 6) is 1.13. The molecule has 3 rings (SSSR count). The fourth-order valence-electron chi connectivity index (χ4n) is 2.94. The molecule has 0 radical (unpaired) electrons. The molecule has 1 fully saturated rings. The van der Waals surface area contributed by atoms with Crippen LogP contribution in [0.3, 0.4) is 0 Å². The van der Waals surface area contributed by atoms with Crippen molar-refractivity contribution >= 4 is 11.9 Å². The SMILES string of the molecule is Nc1ncc2c(n1)CN(C(=O)CC1CCCC1)C2. The fourth-order valence-corrected chi connectivity index (χ4v) is 2.94. The van der Waals surface area contributed by atoms with E-state index in [0.29, 0.717) is 31.4 Å². The number of hydrogen-bond donors (Lipinski definition) is 1. The normalized spacial score (nSPS) is 19.2. The highest BCUT2D eigenvalue weighted by molar-refractivity contribution is 5.77. The largest absolute Gasteiger partial charge is 0.368 e. The van der Waals surface area contributed by atoms with E-state index in [4.69, 9.17) is 5.73 Å². The van der Waals surface area contributed by atoms with Crippen LogP contribution in [0, 0.1) is 5.92 Å². The molecule has 1 aliphatic heterocycles. The monoisotopic (exact) mass is 246 g/mol. The number of hydrogen-bond acceptors (Lipinski definition) is 4. The molecule has 5 heteroatoms. The number of anilines is 1. The lowest BCUT2D eigenvalue weighted by molar-refractivity contribution is -0.132. The Bertz CT molecular complexity index is 468. The van der Waals surface area contributed by atoms with Crippen LogP contribution in [-0.2, 0) is 17.9 Å². The predicted molar refractivity (Wildman–Crippen MR) is 67.3 cm³/mol. The number of nitrogens with zero attached hydrogens (tertiary/aromatic N) is 3. The Hall–Kier alpha value is -1.65. The standard InChI is InChI=1S/C13H18N4O/c14-13-15-6-10-7-17(8-11(10)16-13)12(18)5-9-3-1-2-4-9/h6,9H,1-5,7-8H2,(H2,14,15,16). The summed E-state index contributed by atoms with van der Waals surface area (Å²) >= 11 is 0. The summed E-state index contributed by atoms with van der Waals surface area (Å²) in [5.41, 5.74) is 7.50. The molecule has 2 N–H and O–H groups in total. The Morgan fingerprint density at radius 1 is 1.39 bits per heavy atom. The first-order chi connectivity index (χ1) is 8.72. The molecule has 0 unspecified atom stereocenters. The van der Waals surface area contributed by atoms with Crippen molar-refractivity contribution in [1.29, 1.82) is 0 Å². The third kappa shape index (κ3) is 2.17. The van der Waals surface area contributed by atoms with Crippen LogP contribution in [0.25, 0.3) is 0 Å². The highest BCUT2D eigenvalue weighted by Gasteiger charge is 2.27. The molecule has 0 spiro atoms. The quantitative estimate of drug-likeness (QED) is 0.858. The number of fused-ring (bicyclic) bond motifs is 1. The molecule has 1 aromatic rings. The molecule has 0 bridgehead atoms. The third-order valence-electron chi connectivity index (χ3n) is 3.97. The molecule has 1 aromatic heterocycles. The lowest BCUT2D eigenvalue weighted by atomic mass is 10.0. The minimum absolute atomic E-state index is 0.249. The van der Waals surface area contributed by atoms with Gasteiger partial charge in [-0.1, -0.05) is 12.8 Å². The predicted octanol–water partition coefficient (Wildman–Crippen LogP) is 1.48. The Labute approximate surface area is 106 Å². The van der Waals surface area contributed by atoms with E-state index in [-0.39, 0.29) is 5.91 Å². The van der Waals surface area contributed by atoms with Crippen LogP contribution in [0.2, 0.25) is 0 Å². The van der Waals surface area contributed by atoms with Crippen molar-refractivity contribution in [1.82, 2.24) is 14.9 Å². The van der Waals surface area contributed by atoms with Crippen molar-refractivity contribution in [2.24, 2.45) is 5.92 Å². The number of nitrogen functional groups attached to an aromatic ring is 1. The number of nitrogens with two attached hydrogens (primary N) is 1. The molecular weight excluding hydrogens is 228 g/mol. The topological polar surface area (TPSA) is 72.1 Å². The molecule has 1 amide bonds. The highest BCUT2D eigenvalue weighted by atomic mass is 16.2. The maximum absolute atomic E-state index is 12.2. The van der Waals surface area contributed by atoms with Gasteiger partial charge in [0, 0.05) is 24.7 Å². The second kappa shape index (κ2) is 4.55. The van der Waals surface area contributed by atoms with Gasteiger partial charge in [0.2, 0.25) is 11.9 Å². The first-order valence-electron chi connectivity index (χ1n) is 6.60. The van der Waals surface area contributed by atoms with E-state index in [2.05, 4.69) is 9.97 Å². The third-order valence-corrected chi connectivity index (χ3v) is 3.97. The molecule has 1 aliphatic carbocycles. The van der Waals surface area contributed by atoms with Crippen molar-refractivity contribution in [3.05, 3.63) is 17.5 Å². The lowest BCUT2D eigenvalue weighted by Crippen LogP contribution is -2.26. The summed E-state index contributed by atoms with van der Waals surface area (Å²) in [5, 5.41) is 0. The number of carbonyl (C=O) groups excluding carboxylic acids is 1. The van der Waals surface area contributed by atoms with Crippen molar-refractivity contribution < 1.29 is 4.79 Å². The van der Waals surface area contributed by atoms with E-state index in [1.54, 1.807) is 6.20 Å². The van der Waals surface area contributed by atoms with Gasteiger partial charge in [-0.2, -0.15) is 0 Å². The fraction of sp³-hybridized carbons (Fsp3) is 0.615. The maximum atomic E-state index is 12.2. The molecule has 1 saturated carbocycles. The van der Waals surface area contributed by atoms with Gasteiger partial charge < -0.3 is 10.6 Å². The minimum Gasteiger partial charge on any atom is -0.368 e. The number of carbonyl (C=O) groups is 1. The number of aromatic nitrogens is 2. The maximum Gasteiger partial charge on any atom is 0.223 e. The van der Waals surface area contributed by atoms with Crippen LogP contribution in [-0.4, -0.2) is 20.8 Å². The average Bonchev–Trinajstić information content (AvgIpc) is 2.96. The van der Waals surface area contributed by atoms with Gasteiger partial charge in [0.1, 0.15) is 0 Å². The van der Waals surface area contributed by atoms with Crippen LogP contribution in [0.15, 0.2) is 6.20 Å². The number of amides is 1. The molecule has 18 heavy (non-hydrogen) atoms. The zero-order valence-corrected chi connectivity index (χ0v) is 10.4. The highest BCUT2D eigenvalue weighted by Crippen LogP contribution is 2.29. The smallest absolute Gasteiger partial charge is 0.223 e. The van der Waals surface area contributed by atoms with Gasteiger partial charge >= 0.3 is 0 Å². The Morgan fingerprint density at radius 2 is 2.17 bits per heavy atom.